The first-order valence-electron chi connectivity index (χ1n) is 6.01. The Kier molecular flexibility index (Phi) is 2.74. The smallest absolute Gasteiger partial charge is 0.314 e. The lowest BCUT2D eigenvalue weighted by molar-refractivity contribution is 0.0777. The molecule has 0 unspecified atom stereocenters. The molecule has 2 fully saturated rings. The average Bonchev–Trinajstić information content (AvgIpc) is 3.03. The summed E-state index contributed by atoms with van der Waals surface area (Å²) in [4.78, 5) is 26.9. The number of carbonyl (C=O) groups excluding carboxylic acids is 2. The lowest BCUT2D eigenvalue weighted by Gasteiger charge is -2.20. The number of fused-ring (bicyclic) bond motifs is 1. The van der Waals surface area contributed by atoms with Crippen molar-refractivity contribution in [1.82, 2.24) is 9.80 Å². The van der Waals surface area contributed by atoms with Crippen LogP contribution in [-0.4, -0.2) is 47.9 Å². The van der Waals surface area contributed by atoms with Gasteiger partial charge in [0.15, 0.2) is 0 Å². The number of nitrogens with zero attached hydrogens (tertiary/aromatic N) is 2. The summed E-state index contributed by atoms with van der Waals surface area (Å²) in [5, 5.41) is 3.80. The van der Waals surface area contributed by atoms with Crippen LogP contribution in [0, 0.1) is 11.8 Å². The number of thiophene rings is 1. The van der Waals surface area contributed by atoms with Gasteiger partial charge in [-0.15, -0.1) is 0 Å². The lowest BCUT2D eigenvalue weighted by atomic mass is 10.0. The van der Waals surface area contributed by atoms with Crippen LogP contribution in [-0.2, 0) is 0 Å². The number of carbonyl (C=O) groups is 2. The van der Waals surface area contributed by atoms with Gasteiger partial charge >= 0.3 is 6.03 Å². The van der Waals surface area contributed by atoms with E-state index in [4.69, 9.17) is 5.73 Å². The van der Waals surface area contributed by atoms with E-state index in [0.717, 1.165) is 18.7 Å². The second-order valence-corrected chi connectivity index (χ2v) is 5.77. The minimum atomic E-state index is -0.347. The highest BCUT2D eigenvalue weighted by Crippen LogP contribution is 2.31. The summed E-state index contributed by atoms with van der Waals surface area (Å²) in [6.45, 7) is 2.85. The van der Waals surface area contributed by atoms with E-state index in [1.807, 2.05) is 21.7 Å². The molecule has 0 aliphatic carbocycles. The van der Waals surface area contributed by atoms with Crippen molar-refractivity contribution in [2.24, 2.45) is 17.6 Å². The Hall–Kier alpha value is -1.56. The largest absolute Gasteiger partial charge is 0.351 e. The number of nitrogens with two attached hydrogens (primary N) is 1. The summed E-state index contributed by atoms with van der Waals surface area (Å²) in [7, 11) is 0. The molecule has 3 amide bonds. The van der Waals surface area contributed by atoms with E-state index >= 15 is 0 Å². The van der Waals surface area contributed by atoms with E-state index in [9.17, 15) is 9.59 Å². The van der Waals surface area contributed by atoms with Gasteiger partial charge in [0, 0.05) is 43.4 Å². The van der Waals surface area contributed by atoms with E-state index in [1.165, 1.54) is 11.3 Å². The second-order valence-electron chi connectivity index (χ2n) is 4.99. The highest BCUT2D eigenvalue weighted by Gasteiger charge is 2.42. The fraction of sp³-hybridized carbons (Fsp3) is 0.500. The summed E-state index contributed by atoms with van der Waals surface area (Å²) in [5.41, 5.74) is 6.05. The van der Waals surface area contributed by atoms with E-state index in [0.29, 0.717) is 24.9 Å². The van der Waals surface area contributed by atoms with Gasteiger partial charge in [0.25, 0.3) is 5.91 Å². The standard InChI is InChI=1S/C12H15N3O2S/c13-12(17)15-5-9-3-14(4-10(9)6-15)11(16)8-1-2-18-7-8/h1-2,7,9-10H,3-6H2,(H2,13,17)/t9-,10+. The highest BCUT2D eigenvalue weighted by molar-refractivity contribution is 7.08. The Labute approximate surface area is 109 Å². The van der Waals surface area contributed by atoms with Gasteiger partial charge in [-0.2, -0.15) is 11.3 Å². The van der Waals surface area contributed by atoms with Crippen LogP contribution < -0.4 is 5.73 Å². The Bertz CT molecular complexity index is 460. The average molecular weight is 265 g/mol. The summed E-state index contributed by atoms with van der Waals surface area (Å²) in [6, 6.07) is 1.51. The maximum Gasteiger partial charge on any atom is 0.314 e. The summed E-state index contributed by atoms with van der Waals surface area (Å²) in [5.74, 6) is 0.886. The number of hydrogen-bond acceptors (Lipinski definition) is 3. The first kappa shape index (κ1) is 11.5. The molecule has 0 radical (unpaired) electrons. The van der Waals surface area contributed by atoms with Crippen molar-refractivity contribution in [3.05, 3.63) is 22.4 Å². The second kappa shape index (κ2) is 4.28. The predicted molar refractivity (Wildman–Crippen MR) is 68.4 cm³/mol. The number of primary amides is 1. The van der Waals surface area contributed by atoms with Gasteiger partial charge in [0.2, 0.25) is 0 Å². The van der Waals surface area contributed by atoms with Crippen LogP contribution >= 0.6 is 11.3 Å². The Morgan fingerprint density at radius 3 is 2.28 bits per heavy atom. The molecule has 6 heteroatoms. The molecule has 1 aromatic rings. The molecule has 1 aromatic heterocycles. The van der Waals surface area contributed by atoms with Gasteiger partial charge in [-0.3, -0.25) is 4.79 Å². The van der Waals surface area contributed by atoms with Crippen LogP contribution in [0.5, 0.6) is 0 Å². The molecule has 2 atom stereocenters. The molecule has 2 N–H and O–H groups in total. The van der Waals surface area contributed by atoms with Gasteiger partial charge < -0.3 is 15.5 Å². The van der Waals surface area contributed by atoms with Crippen molar-refractivity contribution >= 4 is 23.3 Å². The number of rotatable bonds is 1. The highest BCUT2D eigenvalue weighted by atomic mass is 32.1. The first-order valence-corrected chi connectivity index (χ1v) is 6.95. The predicted octanol–water partition coefficient (Wildman–Crippen LogP) is 0.831. The van der Waals surface area contributed by atoms with Crippen molar-refractivity contribution in [1.29, 1.82) is 0 Å². The van der Waals surface area contributed by atoms with Crippen molar-refractivity contribution in [2.45, 2.75) is 0 Å². The molecule has 2 aliphatic rings. The first-order chi connectivity index (χ1) is 8.65. The molecule has 0 aromatic carbocycles. The zero-order chi connectivity index (χ0) is 12.7. The number of hydrogen-bond donors (Lipinski definition) is 1. The zero-order valence-electron chi connectivity index (χ0n) is 9.91. The molecule has 0 bridgehead atoms. The van der Waals surface area contributed by atoms with Crippen molar-refractivity contribution in [3.63, 3.8) is 0 Å². The molecule has 0 saturated carbocycles. The topological polar surface area (TPSA) is 66.6 Å². The van der Waals surface area contributed by atoms with Gasteiger partial charge in [-0.05, 0) is 11.4 Å². The molecule has 2 saturated heterocycles. The van der Waals surface area contributed by atoms with E-state index in [1.54, 1.807) is 4.90 Å². The third-order valence-electron chi connectivity index (χ3n) is 3.85. The fourth-order valence-electron chi connectivity index (χ4n) is 2.91. The van der Waals surface area contributed by atoms with E-state index < -0.39 is 0 Å². The SMILES string of the molecule is NC(=O)N1C[C@@H]2CN(C(=O)c3ccsc3)C[C@@H]2C1. The number of amides is 3. The summed E-state index contributed by atoms with van der Waals surface area (Å²) >= 11 is 1.54. The molecule has 18 heavy (non-hydrogen) atoms. The number of likely N-dealkylation sites (tertiary alicyclic amines) is 2. The third-order valence-corrected chi connectivity index (χ3v) is 4.54. The molecule has 3 heterocycles. The van der Waals surface area contributed by atoms with E-state index in [-0.39, 0.29) is 11.9 Å². The van der Waals surface area contributed by atoms with Crippen molar-refractivity contribution < 1.29 is 9.59 Å². The van der Waals surface area contributed by atoms with Crippen LogP contribution in [0.1, 0.15) is 10.4 Å². The lowest BCUT2D eigenvalue weighted by Crippen LogP contribution is -2.38. The zero-order valence-corrected chi connectivity index (χ0v) is 10.7. The molecular weight excluding hydrogens is 250 g/mol. The Balaban J connectivity index is 1.65. The normalized spacial score (nSPS) is 26.4. The van der Waals surface area contributed by atoms with Gasteiger partial charge in [-0.1, -0.05) is 0 Å². The maximum absolute atomic E-state index is 12.2. The van der Waals surface area contributed by atoms with Crippen LogP contribution in [0.25, 0.3) is 0 Å². The summed E-state index contributed by atoms with van der Waals surface area (Å²) < 4.78 is 0. The molecule has 3 rings (SSSR count). The number of urea groups is 1. The molecular formula is C12H15N3O2S. The van der Waals surface area contributed by atoms with Gasteiger partial charge in [-0.25, -0.2) is 4.79 Å². The quantitative estimate of drug-likeness (QED) is 0.817. The van der Waals surface area contributed by atoms with Gasteiger partial charge in [0.1, 0.15) is 0 Å². The Morgan fingerprint density at radius 2 is 1.78 bits per heavy atom. The maximum atomic E-state index is 12.2. The summed E-state index contributed by atoms with van der Waals surface area (Å²) in [6.07, 6.45) is 0. The monoisotopic (exact) mass is 265 g/mol. The van der Waals surface area contributed by atoms with Crippen LogP contribution in [0.4, 0.5) is 4.79 Å². The minimum Gasteiger partial charge on any atom is -0.351 e. The Morgan fingerprint density at radius 1 is 1.17 bits per heavy atom. The molecule has 0 spiro atoms. The van der Waals surface area contributed by atoms with E-state index in [2.05, 4.69) is 0 Å². The van der Waals surface area contributed by atoms with Crippen molar-refractivity contribution in [3.8, 4) is 0 Å². The fourth-order valence-corrected chi connectivity index (χ4v) is 3.54. The van der Waals surface area contributed by atoms with Crippen LogP contribution in [0.2, 0.25) is 0 Å². The minimum absolute atomic E-state index is 0.108. The van der Waals surface area contributed by atoms with Crippen LogP contribution in [0.15, 0.2) is 16.8 Å². The van der Waals surface area contributed by atoms with Gasteiger partial charge in [0.05, 0.1) is 5.56 Å². The molecule has 2 aliphatic heterocycles. The van der Waals surface area contributed by atoms with Crippen molar-refractivity contribution in [2.75, 3.05) is 26.2 Å². The third kappa shape index (κ3) is 1.86. The molecule has 96 valence electrons. The van der Waals surface area contributed by atoms with Crippen LogP contribution in [0.3, 0.4) is 0 Å². The molecule has 5 nitrogen and oxygen atoms in total.